The minimum Gasteiger partial charge on any atom is -0.301 e. The lowest BCUT2D eigenvalue weighted by molar-refractivity contribution is 0.172. The molecule has 0 saturated heterocycles. The minimum atomic E-state index is 0. The second-order valence-electron chi connectivity index (χ2n) is 3.51. The van der Waals surface area contributed by atoms with Crippen LogP contribution in [0.2, 0.25) is 0 Å². The zero-order valence-electron chi connectivity index (χ0n) is 8.38. The van der Waals surface area contributed by atoms with Crippen LogP contribution in [-0.4, -0.2) is 24.0 Å². The highest BCUT2D eigenvalue weighted by atomic mass is 79.9. The van der Waals surface area contributed by atoms with E-state index >= 15 is 0 Å². The predicted molar refractivity (Wildman–Crippen MR) is 60.1 cm³/mol. The fraction of sp³-hybridized carbons (Fsp3) is 1.00. The maximum Gasteiger partial charge on any atom is 0.00950 e. The third kappa shape index (κ3) is 3.44. The highest BCUT2D eigenvalue weighted by Crippen LogP contribution is 2.21. The molecule has 1 rings (SSSR count). The van der Waals surface area contributed by atoms with E-state index in [9.17, 15) is 0 Å². The van der Waals surface area contributed by atoms with Crippen molar-refractivity contribution in [3.05, 3.63) is 0 Å². The van der Waals surface area contributed by atoms with E-state index < -0.39 is 0 Å². The fourth-order valence-corrected chi connectivity index (χ4v) is 2.19. The molecule has 0 aliphatic heterocycles. The van der Waals surface area contributed by atoms with Crippen molar-refractivity contribution < 1.29 is 0 Å². The highest BCUT2D eigenvalue weighted by Gasteiger charge is 2.17. The molecule has 0 aromatic carbocycles. The Hall–Kier alpha value is 0.440. The van der Waals surface area contributed by atoms with Crippen molar-refractivity contribution in [1.82, 2.24) is 4.90 Å². The summed E-state index contributed by atoms with van der Waals surface area (Å²) in [6.45, 7) is 7.03. The van der Waals surface area contributed by atoms with Crippen molar-refractivity contribution in [2.45, 2.75) is 52.0 Å². The van der Waals surface area contributed by atoms with Crippen LogP contribution in [0, 0.1) is 0 Å². The molecule has 0 amide bonds. The molecule has 0 heterocycles. The first-order valence-electron chi connectivity index (χ1n) is 5.12. The SMILES string of the molecule is Br.CCN(CC)C1CCCCC1. The smallest absolute Gasteiger partial charge is 0.00950 e. The van der Waals surface area contributed by atoms with Crippen LogP contribution in [0.1, 0.15) is 46.0 Å². The molecule has 0 spiro atoms. The van der Waals surface area contributed by atoms with Crippen LogP contribution in [0.15, 0.2) is 0 Å². The Bertz CT molecular complexity index is 96.0. The van der Waals surface area contributed by atoms with Crippen LogP contribution in [0.3, 0.4) is 0 Å². The largest absolute Gasteiger partial charge is 0.301 e. The molecule has 0 aromatic rings. The lowest BCUT2D eigenvalue weighted by atomic mass is 9.94. The summed E-state index contributed by atoms with van der Waals surface area (Å²) in [5.41, 5.74) is 0. The predicted octanol–water partition coefficient (Wildman–Crippen LogP) is 3.24. The van der Waals surface area contributed by atoms with Gasteiger partial charge in [0.05, 0.1) is 0 Å². The monoisotopic (exact) mass is 235 g/mol. The molecule has 1 fully saturated rings. The van der Waals surface area contributed by atoms with Gasteiger partial charge in [0.15, 0.2) is 0 Å². The normalized spacial score (nSPS) is 19.2. The molecule has 0 bridgehead atoms. The summed E-state index contributed by atoms with van der Waals surface area (Å²) < 4.78 is 0. The molecule has 0 unspecified atom stereocenters. The second-order valence-corrected chi connectivity index (χ2v) is 3.51. The number of rotatable bonds is 3. The van der Waals surface area contributed by atoms with E-state index in [0.29, 0.717) is 0 Å². The summed E-state index contributed by atoms with van der Waals surface area (Å²) in [4.78, 5) is 2.61. The zero-order valence-corrected chi connectivity index (χ0v) is 10.1. The van der Waals surface area contributed by atoms with Gasteiger partial charge >= 0.3 is 0 Å². The van der Waals surface area contributed by atoms with Gasteiger partial charge in [-0.1, -0.05) is 33.1 Å². The molecule has 74 valence electrons. The fourth-order valence-electron chi connectivity index (χ4n) is 2.19. The van der Waals surface area contributed by atoms with Gasteiger partial charge in [0, 0.05) is 6.04 Å². The van der Waals surface area contributed by atoms with E-state index in [0.717, 1.165) is 6.04 Å². The van der Waals surface area contributed by atoms with E-state index in [-0.39, 0.29) is 17.0 Å². The van der Waals surface area contributed by atoms with Crippen LogP contribution in [-0.2, 0) is 0 Å². The van der Waals surface area contributed by atoms with Crippen molar-refractivity contribution in [2.75, 3.05) is 13.1 Å². The quantitative estimate of drug-likeness (QED) is 0.727. The number of hydrogen-bond acceptors (Lipinski definition) is 1. The molecule has 1 aliphatic carbocycles. The second kappa shape index (κ2) is 6.90. The molecule has 0 radical (unpaired) electrons. The standard InChI is InChI=1S/C10H21N.BrH/c1-3-11(4-2)10-8-6-5-7-9-10;/h10H,3-9H2,1-2H3;1H. The summed E-state index contributed by atoms with van der Waals surface area (Å²) in [6, 6.07) is 0.916. The molecule has 2 heteroatoms. The summed E-state index contributed by atoms with van der Waals surface area (Å²) in [5, 5.41) is 0. The Balaban J connectivity index is 0.00000121. The van der Waals surface area contributed by atoms with Crippen molar-refractivity contribution >= 4 is 17.0 Å². The first kappa shape index (κ1) is 12.4. The summed E-state index contributed by atoms with van der Waals surface area (Å²) >= 11 is 0. The number of hydrogen-bond donors (Lipinski definition) is 0. The van der Waals surface area contributed by atoms with Gasteiger partial charge < -0.3 is 4.90 Å². The van der Waals surface area contributed by atoms with Crippen LogP contribution >= 0.6 is 17.0 Å². The maximum atomic E-state index is 2.61. The summed E-state index contributed by atoms with van der Waals surface area (Å²) in [7, 11) is 0. The molecule has 0 N–H and O–H groups in total. The zero-order chi connectivity index (χ0) is 8.10. The van der Waals surface area contributed by atoms with E-state index in [1.807, 2.05) is 0 Å². The molecule has 1 aliphatic rings. The molecular formula is C10H22BrN. The third-order valence-corrected chi connectivity index (χ3v) is 2.90. The van der Waals surface area contributed by atoms with E-state index in [1.165, 1.54) is 45.2 Å². The molecular weight excluding hydrogens is 214 g/mol. The van der Waals surface area contributed by atoms with Gasteiger partial charge in [-0.3, -0.25) is 0 Å². The van der Waals surface area contributed by atoms with Gasteiger partial charge in [-0.05, 0) is 25.9 Å². The van der Waals surface area contributed by atoms with Gasteiger partial charge in [-0.2, -0.15) is 0 Å². The lowest BCUT2D eigenvalue weighted by Gasteiger charge is -2.32. The van der Waals surface area contributed by atoms with Gasteiger partial charge in [-0.25, -0.2) is 0 Å². The molecule has 1 saturated carbocycles. The molecule has 1 nitrogen and oxygen atoms in total. The molecule has 12 heavy (non-hydrogen) atoms. The Morgan fingerprint density at radius 1 is 1.00 bits per heavy atom. The van der Waals surface area contributed by atoms with Crippen molar-refractivity contribution in [2.24, 2.45) is 0 Å². The van der Waals surface area contributed by atoms with Crippen LogP contribution < -0.4 is 0 Å². The average molecular weight is 236 g/mol. The number of halogens is 1. The first-order valence-corrected chi connectivity index (χ1v) is 5.12. The van der Waals surface area contributed by atoms with E-state index in [1.54, 1.807) is 0 Å². The first-order chi connectivity index (χ1) is 5.38. The van der Waals surface area contributed by atoms with E-state index in [2.05, 4.69) is 18.7 Å². The average Bonchev–Trinajstić information content (AvgIpc) is 2.09. The Kier molecular flexibility index (Phi) is 7.16. The van der Waals surface area contributed by atoms with Crippen LogP contribution in [0.4, 0.5) is 0 Å². The Morgan fingerprint density at radius 3 is 1.92 bits per heavy atom. The van der Waals surface area contributed by atoms with Gasteiger partial charge in [0.25, 0.3) is 0 Å². The Labute approximate surface area is 87.3 Å². The summed E-state index contributed by atoms with van der Waals surface area (Å²) in [5.74, 6) is 0. The molecule has 0 aromatic heterocycles. The van der Waals surface area contributed by atoms with Crippen LogP contribution in [0.25, 0.3) is 0 Å². The van der Waals surface area contributed by atoms with Crippen molar-refractivity contribution in [1.29, 1.82) is 0 Å². The Morgan fingerprint density at radius 2 is 1.50 bits per heavy atom. The van der Waals surface area contributed by atoms with Crippen molar-refractivity contribution in [3.63, 3.8) is 0 Å². The van der Waals surface area contributed by atoms with E-state index in [4.69, 9.17) is 0 Å². The summed E-state index contributed by atoms with van der Waals surface area (Å²) in [6.07, 6.45) is 7.28. The third-order valence-electron chi connectivity index (χ3n) is 2.90. The highest BCUT2D eigenvalue weighted by molar-refractivity contribution is 8.93. The lowest BCUT2D eigenvalue weighted by Crippen LogP contribution is -2.36. The number of nitrogens with zero attached hydrogens (tertiary/aromatic N) is 1. The van der Waals surface area contributed by atoms with Crippen LogP contribution in [0.5, 0.6) is 0 Å². The van der Waals surface area contributed by atoms with Gasteiger partial charge in [0.2, 0.25) is 0 Å². The van der Waals surface area contributed by atoms with Gasteiger partial charge in [0.1, 0.15) is 0 Å². The van der Waals surface area contributed by atoms with Gasteiger partial charge in [-0.15, -0.1) is 17.0 Å². The van der Waals surface area contributed by atoms with Crippen molar-refractivity contribution in [3.8, 4) is 0 Å². The molecule has 0 atom stereocenters. The topological polar surface area (TPSA) is 3.24 Å². The maximum absolute atomic E-state index is 2.61. The minimum absolute atomic E-state index is 0.